The molecule has 0 aromatic carbocycles. The lowest BCUT2D eigenvalue weighted by atomic mass is 10.1. The number of allylic oxidation sites excluding steroid dienone is 26. The molecule has 6 nitrogen and oxygen atoms in total. The summed E-state index contributed by atoms with van der Waals surface area (Å²) in [6, 6.07) is 0. The van der Waals surface area contributed by atoms with Crippen molar-refractivity contribution in [2.24, 2.45) is 0 Å². The van der Waals surface area contributed by atoms with Crippen LogP contribution in [-0.2, 0) is 28.6 Å². The van der Waals surface area contributed by atoms with Crippen molar-refractivity contribution >= 4 is 17.9 Å². The Morgan fingerprint density at radius 1 is 0.324 bits per heavy atom. The van der Waals surface area contributed by atoms with E-state index in [1.165, 1.54) is 32.1 Å². The molecule has 0 fully saturated rings. The molecule has 0 rings (SSSR count). The third-order valence-electron chi connectivity index (χ3n) is 10.4. The predicted octanol–water partition coefficient (Wildman–Crippen LogP) is 17.8. The molecule has 6 heteroatoms. The van der Waals surface area contributed by atoms with E-state index in [9.17, 15) is 14.4 Å². The minimum absolute atomic E-state index is 0.119. The van der Waals surface area contributed by atoms with Crippen molar-refractivity contribution in [3.8, 4) is 0 Å². The second-order valence-corrected chi connectivity index (χ2v) is 16.8. The lowest BCUT2D eigenvalue weighted by Crippen LogP contribution is -2.30. The van der Waals surface area contributed by atoms with Crippen LogP contribution in [0.1, 0.15) is 194 Å². The van der Waals surface area contributed by atoms with Gasteiger partial charge in [0.25, 0.3) is 0 Å². The molecule has 0 amide bonds. The Morgan fingerprint density at radius 3 is 1.10 bits per heavy atom. The molecule has 1 unspecified atom stereocenters. The monoisotopic (exact) mass is 935 g/mol. The predicted molar refractivity (Wildman–Crippen MR) is 292 cm³/mol. The van der Waals surface area contributed by atoms with Crippen molar-refractivity contribution in [1.29, 1.82) is 0 Å². The zero-order chi connectivity index (χ0) is 49.3. The van der Waals surface area contributed by atoms with Crippen LogP contribution in [-0.4, -0.2) is 37.2 Å². The number of ether oxygens (including phenoxy) is 3. The van der Waals surface area contributed by atoms with E-state index in [4.69, 9.17) is 14.2 Å². The van der Waals surface area contributed by atoms with E-state index in [0.717, 1.165) is 109 Å². The maximum atomic E-state index is 12.8. The number of unbranched alkanes of at least 4 members (excludes halogenated alkanes) is 14. The Labute approximate surface area is 416 Å². The summed E-state index contributed by atoms with van der Waals surface area (Å²) in [6.07, 6.45) is 79.3. The summed E-state index contributed by atoms with van der Waals surface area (Å²) >= 11 is 0. The van der Waals surface area contributed by atoms with E-state index in [1.807, 2.05) is 72.9 Å². The van der Waals surface area contributed by atoms with Gasteiger partial charge in [-0.25, -0.2) is 0 Å². The fraction of sp³-hybridized carbons (Fsp3) is 0.532. The lowest BCUT2D eigenvalue weighted by Gasteiger charge is -2.18. The Morgan fingerprint density at radius 2 is 0.647 bits per heavy atom. The van der Waals surface area contributed by atoms with Crippen molar-refractivity contribution in [2.45, 2.75) is 200 Å². The molecule has 0 aliphatic carbocycles. The summed E-state index contributed by atoms with van der Waals surface area (Å²) in [5, 5.41) is 0. The van der Waals surface area contributed by atoms with E-state index in [1.54, 1.807) is 0 Å². The summed E-state index contributed by atoms with van der Waals surface area (Å²) in [6.45, 7) is 6.25. The van der Waals surface area contributed by atoms with Gasteiger partial charge in [0.2, 0.25) is 0 Å². The van der Waals surface area contributed by atoms with E-state index in [0.29, 0.717) is 19.3 Å². The highest BCUT2D eigenvalue weighted by molar-refractivity contribution is 5.71. The molecule has 0 saturated heterocycles. The molecule has 0 bridgehead atoms. The second-order valence-electron chi connectivity index (χ2n) is 16.8. The van der Waals surface area contributed by atoms with Gasteiger partial charge in [-0.1, -0.05) is 224 Å². The number of hydrogen-bond donors (Lipinski definition) is 0. The number of esters is 3. The number of rotatable bonds is 45. The molecular formula is C62H94O6. The average molecular weight is 935 g/mol. The van der Waals surface area contributed by atoms with Crippen LogP contribution < -0.4 is 0 Å². The highest BCUT2D eigenvalue weighted by Gasteiger charge is 2.19. The van der Waals surface area contributed by atoms with Gasteiger partial charge in [0.15, 0.2) is 6.10 Å². The summed E-state index contributed by atoms with van der Waals surface area (Å²) in [7, 11) is 0. The molecule has 0 N–H and O–H groups in total. The SMILES string of the molecule is CC\C=C/C=C\C=C/C=C\C=C\C=C/C=C\CCCCCC(=O)OCC(COC(=O)CCCCCCC/C=C\CCCCC)OC(=O)CCCCC/C=C\C/C=C\C/C=C\C/C=C\C/C=C\CC. The molecule has 378 valence electrons. The third kappa shape index (κ3) is 52.0. The first-order valence-electron chi connectivity index (χ1n) is 26.6. The van der Waals surface area contributed by atoms with Crippen LogP contribution in [0, 0.1) is 0 Å². The highest BCUT2D eigenvalue weighted by Crippen LogP contribution is 2.12. The van der Waals surface area contributed by atoms with Crippen molar-refractivity contribution in [1.82, 2.24) is 0 Å². The quantitative estimate of drug-likeness (QED) is 0.0199. The summed E-state index contributed by atoms with van der Waals surface area (Å²) in [5.41, 5.74) is 0. The molecule has 68 heavy (non-hydrogen) atoms. The van der Waals surface area contributed by atoms with Crippen LogP contribution in [0.5, 0.6) is 0 Å². The molecule has 0 heterocycles. The molecule has 0 aliphatic rings. The molecule has 0 aromatic heterocycles. The van der Waals surface area contributed by atoms with Gasteiger partial charge in [-0.05, 0) is 109 Å². The number of carbonyl (C=O) groups is 3. The molecule has 0 aromatic rings. The van der Waals surface area contributed by atoms with Gasteiger partial charge < -0.3 is 14.2 Å². The van der Waals surface area contributed by atoms with Gasteiger partial charge in [-0.15, -0.1) is 0 Å². The third-order valence-corrected chi connectivity index (χ3v) is 10.4. The average Bonchev–Trinajstić information content (AvgIpc) is 3.34. The molecule has 1 atom stereocenters. The fourth-order valence-electron chi connectivity index (χ4n) is 6.50. The Hall–Kier alpha value is -4.97. The van der Waals surface area contributed by atoms with Gasteiger partial charge >= 0.3 is 17.9 Å². The molecule has 0 saturated carbocycles. The Kier molecular flexibility index (Phi) is 50.6. The van der Waals surface area contributed by atoms with E-state index in [2.05, 4.69) is 106 Å². The van der Waals surface area contributed by atoms with Crippen LogP contribution >= 0.6 is 0 Å². The smallest absolute Gasteiger partial charge is 0.306 e. The van der Waals surface area contributed by atoms with Gasteiger partial charge in [-0.3, -0.25) is 14.4 Å². The minimum atomic E-state index is -0.826. The van der Waals surface area contributed by atoms with Crippen LogP contribution in [0.4, 0.5) is 0 Å². The maximum Gasteiger partial charge on any atom is 0.306 e. The van der Waals surface area contributed by atoms with Crippen molar-refractivity contribution in [2.75, 3.05) is 13.2 Å². The zero-order valence-corrected chi connectivity index (χ0v) is 43.0. The number of hydrogen-bond acceptors (Lipinski definition) is 6. The Bertz CT molecular complexity index is 1590. The Balaban J connectivity index is 4.59. The maximum absolute atomic E-state index is 12.8. The van der Waals surface area contributed by atoms with E-state index in [-0.39, 0.29) is 44.0 Å². The topological polar surface area (TPSA) is 78.9 Å². The van der Waals surface area contributed by atoms with Crippen molar-refractivity contribution in [3.63, 3.8) is 0 Å². The van der Waals surface area contributed by atoms with Crippen LogP contribution in [0.25, 0.3) is 0 Å². The van der Waals surface area contributed by atoms with Gasteiger partial charge in [-0.2, -0.15) is 0 Å². The summed E-state index contributed by atoms with van der Waals surface area (Å²) < 4.78 is 16.7. The van der Waals surface area contributed by atoms with Gasteiger partial charge in [0.05, 0.1) is 0 Å². The first kappa shape index (κ1) is 63.0. The number of carbonyl (C=O) groups excluding carboxylic acids is 3. The highest BCUT2D eigenvalue weighted by atomic mass is 16.6. The van der Waals surface area contributed by atoms with Gasteiger partial charge in [0, 0.05) is 19.3 Å². The van der Waals surface area contributed by atoms with Gasteiger partial charge in [0.1, 0.15) is 13.2 Å². The molecule has 0 aliphatic heterocycles. The fourth-order valence-corrected chi connectivity index (χ4v) is 6.50. The van der Waals surface area contributed by atoms with Crippen molar-refractivity contribution in [3.05, 3.63) is 158 Å². The lowest BCUT2D eigenvalue weighted by molar-refractivity contribution is -0.167. The normalized spacial score (nSPS) is 13.4. The van der Waals surface area contributed by atoms with Crippen LogP contribution in [0.15, 0.2) is 158 Å². The van der Waals surface area contributed by atoms with Crippen LogP contribution in [0.3, 0.4) is 0 Å². The zero-order valence-electron chi connectivity index (χ0n) is 43.0. The van der Waals surface area contributed by atoms with Crippen molar-refractivity contribution < 1.29 is 28.6 Å². The molecule has 0 radical (unpaired) electrons. The molecule has 0 spiro atoms. The van der Waals surface area contributed by atoms with E-state index >= 15 is 0 Å². The minimum Gasteiger partial charge on any atom is -0.462 e. The standard InChI is InChI=1S/C62H94O6/c1-4-7-10-13-16-19-22-25-27-29-31-33-35-37-40-43-46-49-52-55-61(64)67-58-59(57-66-60(63)54-51-48-45-42-39-24-21-18-15-12-9-6-3)68-62(65)56-53-50-47-44-41-38-36-34-32-30-28-26-23-20-17-14-11-8-5-2/h7-8,10-11,13,16-22,25-29,31-35,37-38,40-41,59H,4-6,9,12,14-15,23-24,30,36,39,42-58H2,1-3H3/b10-7-,11-8-,16-13-,20-17-,21-18-,22-19-,27-25-,28-26-,31-29+,34-32-,35-33-,40-37-,41-38-. The largest absolute Gasteiger partial charge is 0.462 e. The summed E-state index contributed by atoms with van der Waals surface area (Å²) in [4.78, 5) is 38.0. The second kappa shape index (κ2) is 54.6. The summed E-state index contributed by atoms with van der Waals surface area (Å²) in [5.74, 6) is -1.02. The molecular weight excluding hydrogens is 841 g/mol. The van der Waals surface area contributed by atoms with Crippen LogP contribution in [0.2, 0.25) is 0 Å². The first-order valence-corrected chi connectivity index (χ1v) is 26.6. The first-order chi connectivity index (χ1) is 33.5. The van der Waals surface area contributed by atoms with E-state index < -0.39 is 6.10 Å².